The Bertz CT molecular complexity index is 964. The van der Waals surface area contributed by atoms with Crippen LogP contribution in [-0.4, -0.2) is 82.4 Å². The van der Waals surface area contributed by atoms with Crippen LogP contribution in [0.1, 0.15) is 61.1 Å². The molecule has 0 spiro atoms. The summed E-state index contributed by atoms with van der Waals surface area (Å²) in [5, 5.41) is 0.158. The predicted molar refractivity (Wildman–Crippen MR) is 149 cm³/mol. The van der Waals surface area contributed by atoms with E-state index in [1.807, 2.05) is 20.8 Å². The predicted octanol–water partition coefficient (Wildman–Crippen LogP) is 3.54. The lowest BCUT2D eigenvalue weighted by molar-refractivity contribution is -0.113. The van der Waals surface area contributed by atoms with Crippen molar-refractivity contribution in [1.29, 1.82) is 0 Å². The van der Waals surface area contributed by atoms with Crippen LogP contribution in [0.15, 0.2) is 21.9 Å². The molecule has 11 nitrogen and oxygen atoms in total. The molecule has 2 heterocycles. The van der Waals surface area contributed by atoms with E-state index < -0.39 is 38.2 Å². The molecule has 1 saturated heterocycles. The number of nitrogens with one attached hydrogen (secondary N) is 1. The molecule has 1 aromatic heterocycles. The van der Waals surface area contributed by atoms with E-state index in [1.165, 1.54) is 28.6 Å². The zero-order chi connectivity index (χ0) is 28.4. The Morgan fingerprint density at radius 1 is 1.13 bits per heavy atom. The Labute approximate surface area is 230 Å². The Morgan fingerprint density at radius 3 is 2.37 bits per heavy atom. The summed E-state index contributed by atoms with van der Waals surface area (Å²) in [4.78, 5) is 38.1. The maximum atomic E-state index is 12.5. The number of aromatic nitrogens is 2. The Kier molecular flexibility index (Phi) is 14.1. The van der Waals surface area contributed by atoms with E-state index in [-0.39, 0.29) is 29.2 Å². The molecule has 1 aromatic rings. The fourth-order valence-corrected chi connectivity index (χ4v) is 6.63. The number of nitrogens with zero attached hydrogens (tertiary/aromatic N) is 2. The molecule has 13 heteroatoms. The van der Waals surface area contributed by atoms with Crippen molar-refractivity contribution in [2.24, 2.45) is 5.92 Å². The number of hydrogen-bond donors (Lipinski definition) is 1. The van der Waals surface area contributed by atoms with Gasteiger partial charge >= 0.3 is 5.69 Å². The summed E-state index contributed by atoms with van der Waals surface area (Å²) in [7, 11) is 0.0153. The highest BCUT2D eigenvalue weighted by Gasteiger charge is 2.48. The van der Waals surface area contributed by atoms with Gasteiger partial charge in [-0.1, -0.05) is 32.5 Å². The minimum Gasteiger partial charge on any atom is -0.378 e. The van der Waals surface area contributed by atoms with Crippen molar-refractivity contribution < 1.29 is 28.1 Å². The van der Waals surface area contributed by atoms with Crippen LogP contribution in [0.2, 0.25) is 0 Å². The summed E-state index contributed by atoms with van der Waals surface area (Å²) >= 11 is 1.28. The van der Waals surface area contributed by atoms with Crippen LogP contribution in [0, 0.1) is 5.92 Å². The fraction of sp³-hybridized carbons (Fsp3) is 0.800. The van der Waals surface area contributed by atoms with E-state index in [2.05, 4.69) is 37.3 Å². The number of methoxy groups -OCH3 is 1. The minimum atomic E-state index is -1.53. The van der Waals surface area contributed by atoms with Crippen molar-refractivity contribution in [1.82, 2.24) is 14.2 Å². The van der Waals surface area contributed by atoms with Crippen LogP contribution in [0.25, 0.3) is 0 Å². The van der Waals surface area contributed by atoms with Crippen molar-refractivity contribution >= 4 is 25.4 Å². The maximum absolute atomic E-state index is 12.5. The van der Waals surface area contributed by atoms with Crippen molar-refractivity contribution in [3.63, 3.8) is 0 Å². The summed E-state index contributed by atoms with van der Waals surface area (Å²) in [6.45, 7) is 15.2. The van der Waals surface area contributed by atoms with Crippen LogP contribution >= 0.6 is 20.3 Å². The lowest BCUT2D eigenvalue weighted by Gasteiger charge is -2.38. The molecule has 0 aromatic carbocycles. The molecule has 1 N–H and O–H groups in total. The molecule has 0 amide bonds. The summed E-state index contributed by atoms with van der Waals surface area (Å²) in [6, 6.07) is 1.56. The van der Waals surface area contributed by atoms with Gasteiger partial charge in [-0.25, -0.2) is 9.46 Å². The fourth-order valence-electron chi connectivity index (χ4n) is 4.14. The first-order valence-corrected chi connectivity index (χ1v) is 15.2. The molecule has 2 rings (SSSR count). The number of rotatable bonds is 16. The number of thioether (sulfide) groups is 1. The first-order chi connectivity index (χ1) is 18.0. The minimum absolute atomic E-state index is 0.00642. The zero-order valence-corrected chi connectivity index (χ0v) is 25.5. The normalized spacial score (nSPS) is 22.7. The van der Waals surface area contributed by atoms with Gasteiger partial charge in [0.2, 0.25) is 0 Å². The number of ether oxygens (including phenoxy) is 3. The van der Waals surface area contributed by atoms with Gasteiger partial charge in [-0.3, -0.25) is 19.1 Å². The number of carbonyl (C=O) groups excluding carboxylic acids is 1. The zero-order valence-electron chi connectivity index (χ0n) is 23.7. The standard InChI is InChI=1S/C25H44N3O8PS/c1-9-19-21(22(32-8)23(35-19)27-11-10-20(29)26-25(27)31)36-37(28(17(4)5)18(6)7)34-13-12-33-14-15-38-24(30)16(2)3/h10-11,16-19,21-23H,9,12-15H2,1-8H3,(H,26,29,31)/t19-,21?,22+,23-,37?/m1/s1. The van der Waals surface area contributed by atoms with Gasteiger partial charge in [0.05, 0.1) is 25.9 Å². The van der Waals surface area contributed by atoms with E-state index in [9.17, 15) is 14.4 Å². The second kappa shape index (κ2) is 16.2. The van der Waals surface area contributed by atoms with Crippen LogP contribution in [0.4, 0.5) is 0 Å². The Hall–Kier alpha value is -1.11. The summed E-state index contributed by atoms with van der Waals surface area (Å²) in [5.41, 5.74) is -1.05. The summed E-state index contributed by atoms with van der Waals surface area (Å²) in [5.74, 6) is 0.609. The Balaban J connectivity index is 2.12. The van der Waals surface area contributed by atoms with Gasteiger partial charge < -0.3 is 23.3 Å². The quantitative estimate of drug-likeness (QED) is 0.231. The highest BCUT2D eigenvalue weighted by molar-refractivity contribution is 8.13. The first kappa shape index (κ1) is 33.1. The van der Waals surface area contributed by atoms with Gasteiger partial charge in [0.15, 0.2) is 11.3 Å². The van der Waals surface area contributed by atoms with Crippen LogP contribution < -0.4 is 11.2 Å². The molecule has 0 bridgehead atoms. The number of carbonyl (C=O) groups is 1. The van der Waals surface area contributed by atoms with Crippen molar-refractivity contribution in [3.8, 4) is 0 Å². The van der Waals surface area contributed by atoms with Crippen LogP contribution in [0.5, 0.6) is 0 Å². The van der Waals surface area contributed by atoms with Gasteiger partial charge in [-0.05, 0) is 34.1 Å². The highest BCUT2D eigenvalue weighted by atomic mass is 32.2. The Morgan fingerprint density at radius 2 is 1.82 bits per heavy atom. The van der Waals surface area contributed by atoms with Crippen molar-refractivity contribution in [2.75, 3.05) is 32.7 Å². The molecule has 218 valence electrons. The molecule has 1 fully saturated rings. The van der Waals surface area contributed by atoms with Crippen LogP contribution in [0.3, 0.4) is 0 Å². The topological polar surface area (TPSA) is 121 Å². The van der Waals surface area contributed by atoms with Crippen molar-refractivity contribution in [2.45, 2.75) is 91.5 Å². The van der Waals surface area contributed by atoms with E-state index in [0.29, 0.717) is 32.0 Å². The second-order valence-electron chi connectivity index (χ2n) is 9.83. The average Bonchev–Trinajstić information content (AvgIpc) is 3.19. The number of hydrogen-bond acceptors (Lipinski definition) is 10. The third-order valence-electron chi connectivity index (χ3n) is 5.92. The molecule has 0 radical (unpaired) electrons. The molecule has 5 atom stereocenters. The number of H-pyrrole nitrogens is 1. The monoisotopic (exact) mass is 577 g/mol. The van der Waals surface area contributed by atoms with E-state index >= 15 is 0 Å². The molecule has 1 aliphatic rings. The van der Waals surface area contributed by atoms with Gasteiger partial charge in [0.1, 0.15) is 12.2 Å². The van der Waals surface area contributed by atoms with Gasteiger partial charge in [0.25, 0.3) is 14.1 Å². The molecular formula is C25H44N3O8PS. The molecule has 1 aliphatic heterocycles. The summed E-state index contributed by atoms with van der Waals surface area (Å²) in [6.07, 6.45) is -0.209. The third-order valence-corrected chi connectivity index (χ3v) is 9.17. The van der Waals surface area contributed by atoms with Gasteiger partial charge in [-0.2, -0.15) is 0 Å². The van der Waals surface area contributed by atoms with E-state index in [4.69, 9.17) is 23.3 Å². The molecule has 0 aliphatic carbocycles. The van der Waals surface area contributed by atoms with Crippen LogP contribution in [-0.2, 0) is 28.1 Å². The van der Waals surface area contributed by atoms with Gasteiger partial charge in [-0.15, -0.1) is 0 Å². The van der Waals surface area contributed by atoms with Gasteiger partial charge in [0, 0.05) is 43.1 Å². The lowest BCUT2D eigenvalue weighted by Crippen LogP contribution is -2.41. The third kappa shape index (κ3) is 9.23. The molecular weight excluding hydrogens is 533 g/mol. The highest BCUT2D eigenvalue weighted by Crippen LogP contribution is 2.50. The van der Waals surface area contributed by atoms with E-state index in [1.54, 1.807) is 7.11 Å². The molecule has 0 saturated carbocycles. The summed E-state index contributed by atoms with van der Waals surface area (Å²) < 4.78 is 34.1. The largest absolute Gasteiger partial charge is 0.378 e. The number of aromatic amines is 1. The smallest absolute Gasteiger partial charge is 0.330 e. The lowest BCUT2D eigenvalue weighted by atomic mass is 10.1. The SMILES string of the molecule is CC[C@H]1O[C@@H](n2ccc(=O)[nH]c2=O)[C@@H](OC)C1OP(OCCOCCSC(=O)C(C)C)N(C(C)C)C(C)C. The van der Waals surface area contributed by atoms with E-state index in [0.717, 1.165) is 0 Å². The maximum Gasteiger partial charge on any atom is 0.330 e. The van der Waals surface area contributed by atoms with Crippen molar-refractivity contribution in [3.05, 3.63) is 33.1 Å². The molecule has 38 heavy (non-hydrogen) atoms. The average molecular weight is 578 g/mol. The molecule has 2 unspecified atom stereocenters. The second-order valence-corrected chi connectivity index (χ2v) is 12.3. The first-order valence-electron chi connectivity index (χ1n) is 13.1.